The quantitative estimate of drug-likeness (QED) is 0.267. The molecule has 37 heavy (non-hydrogen) atoms. The van der Waals surface area contributed by atoms with E-state index >= 15 is 0 Å². The second kappa shape index (κ2) is 7.64. The molecule has 5 heterocycles. The van der Waals surface area contributed by atoms with Crippen LogP contribution < -0.4 is 31.6 Å². The fraction of sp³-hybridized carbons (Fsp3) is 0.476. The number of aliphatic imine (C=N–C) groups is 2. The number of benzene rings is 1. The molecule has 6 rings (SSSR count). The van der Waals surface area contributed by atoms with Crippen LogP contribution in [-0.2, 0) is 9.59 Å². The number of guanidine groups is 2. The van der Waals surface area contributed by atoms with Crippen LogP contribution in [0.25, 0.3) is 0 Å². The first kappa shape index (κ1) is 23.2. The third-order valence-electron chi connectivity index (χ3n) is 7.17. The summed E-state index contributed by atoms with van der Waals surface area (Å²) in [5, 5.41) is 17.0. The monoisotopic (exact) mass is 520 g/mol. The maximum absolute atomic E-state index is 13.6. The Bertz CT molecular complexity index is 1270. The van der Waals surface area contributed by atoms with Gasteiger partial charge in [0.05, 0.1) is 24.2 Å². The normalized spacial score (nSPS) is 33.1. The number of ether oxygens (including phenoxy) is 2. The highest BCUT2D eigenvalue weighted by molar-refractivity contribution is 6.02. The third-order valence-corrected chi connectivity index (χ3v) is 7.17. The molecule has 1 spiro atoms. The summed E-state index contributed by atoms with van der Waals surface area (Å²) in [6, 6.07) is 1.20. The summed E-state index contributed by atoms with van der Waals surface area (Å²) in [5.41, 5.74) is 10.6. The van der Waals surface area contributed by atoms with Crippen LogP contribution in [0.1, 0.15) is 23.2 Å². The van der Waals surface area contributed by atoms with E-state index in [1.54, 1.807) is 0 Å². The molecule has 14 nitrogen and oxygen atoms in total. The maximum atomic E-state index is 13.6. The number of hydrogen-bond donors (Lipinski definition) is 5. The highest BCUT2D eigenvalue weighted by atomic mass is 19.3. The van der Waals surface area contributed by atoms with Crippen LogP contribution in [-0.4, -0.2) is 93.8 Å². The molecule has 1 aromatic carbocycles. The van der Waals surface area contributed by atoms with Gasteiger partial charge in [0.1, 0.15) is 12.1 Å². The van der Waals surface area contributed by atoms with E-state index < -0.39 is 47.8 Å². The minimum absolute atomic E-state index is 0.0227. The van der Waals surface area contributed by atoms with Crippen molar-refractivity contribution in [3.63, 3.8) is 0 Å². The van der Waals surface area contributed by atoms with Crippen LogP contribution >= 0.6 is 0 Å². The number of nitrogens with one attached hydrogen (secondary N) is 2. The number of halogens is 2. The number of nitrogens with two attached hydrogens (primary N) is 2. The summed E-state index contributed by atoms with van der Waals surface area (Å²) in [7, 11) is 0. The molecule has 2 saturated heterocycles. The van der Waals surface area contributed by atoms with Crippen molar-refractivity contribution < 1.29 is 37.7 Å². The van der Waals surface area contributed by atoms with Gasteiger partial charge >= 0.3 is 6.29 Å². The molecule has 2 fully saturated rings. The number of para-hydroxylation sites is 1. The molecule has 3 amide bonds. The topological polar surface area (TPSA) is 197 Å². The Labute approximate surface area is 207 Å². The molecule has 196 valence electrons. The van der Waals surface area contributed by atoms with Crippen molar-refractivity contribution in [3.05, 3.63) is 23.8 Å². The van der Waals surface area contributed by atoms with E-state index in [1.165, 1.54) is 23.1 Å². The van der Waals surface area contributed by atoms with Crippen molar-refractivity contribution >= 4 is 29.6 Å². The van der Waals surface area contributed by atoms with Crippen molar-refractivity contribution in [1.29, 1.82) is 0 Å². The number of aliphatic hydroxyl groups excluding tert-OH is 1. The van der Waals surface area contributed by atoms with E-state index in [0.717, 1.165) is 4.90 Å². The Morgan fingerprint density at radius 3 is 2.68 bits per heavy atom. The number of alkyl halides is 2. The summed E-state index contributed by atoms with van der Waals surface area (Å²) >= 11 is 0. The lowest BCUT2D eigenvalue weighted by Gasteiger charge is -2.46. The highest BCUT2D eigenvalue weighted by Crippen LogP contribution is 2.44. The Hall–Kier alpha value is -4.21. The summed E-state index contributed by atoms with van der Waals surface area (Å²) in [6.45, 7) is -0.145. The van der Waals surface area contributed by atoms with Crippen LogP contribution in [0.3, 0.4) is 0 Å². The van der Waals surface area contributed by atoms with Gasteiger partial charge in [-0.05, 0) is 12.1 Å². The molecule has 3 unspecified atom stereocenters. The van der Waals surface area contributed by atoms with Crippen LogP contribution in [0.5, 0.6) is 11.5 Å². The van der Waals surface area contributed by atoms with Crippen molar-refractivity contribution in [2.24, 2.45) is 21.5 Å². The highest BCUT2D eigenvalue weighted by Gasteiger charge is 2.66. The minimum Gasteiger partial charge on any atom is -0.395 e. The van der Waals surface area contributed by atoms with E-state index in [9.17, 15) is 28.3 Å². The first-order chi connectivity index (χ1) is 17.5. The Morgan fingerprint density at radius 2 is 1.95 bits per heavy atom. The summed E-state index contributed by atoms with van der Waals surface area (Å²) in [5.74, 6) is -2.27. The lowest BCUT2D eigenvalue weighted by atomic mass is 9.87. The lowest BCUT2D eigenvalue weighted by Crippen LogP contribution is -2.73. The van der Waals surface area contributed by atoms with Gasteiger partial charge in [-0.1, -0.05) is 6.07 Å². The zero-order chi connectivity index (χ0) is 26.3. The lowest BCUT2D eigenvalue weighted by molar-refractivity contribution is -0.286. The zero-order valence-electron chi connectivity index (χ0n) is 19.1. The average molecular weight is 520 g/mol. The largest absolute Gasteiger partial charge is 0.586 e. The fourth-order valence-corrected chi connectivity index (χ4v) is 5.60. The van der Waals surface area contributed by atoms with Crippen LogP contribution in [0.15, 0.2) is 28.2 Å². The molecular weight excluding hydrogens is 498 g/mol. The third kappa shape index (κ3) is 3.35. The average Bonchev–Trinajstić information content (AvgIpc) is 3.53. The summed E-state index contributed by atoms with van der Waals surface area (Å²) in [4.78, 5) is 48.9. The van der Waals surface area contributed by atoms with Gasteiger partial charge in [0, 0.05) is 19.4 Å². The van der Waals surface area contributed by atoms with E-state index in [4.69, 9.17) is 11.5 Å². The Kier molecular flexibility index (Phi) is 4.79. The number of rotatable bonds is 4. The number of aliphatic hydroxyl groups is 1. The van der Waals surface area contributed by atoms with Crippen molar-refractivity contribution in [2.45, 2.75) is 49.0 Å². The van der Waals surface area contributed by atoms with Crippen molar-refractivity contribution in [1.82, 2.24) is 20.4 Å². The second-order valence-electron chi connectivity index (χ2n) is 9.30. The fourth-order valence-electron chi connectivity index (χ4n) is 5.60. The van der Waals surface area contributed by atoms with Crippen molar-refractivity contribution in [2.75, 3.05) is 13.1 Å². The minimum atomic E-state index is -3.92. The van der Waals surface area contributed by atoms with Gasteiger partial charge < -0.3 is 41.6 Å². The maximum Gasteiger partial charge on any atom is 0.586 e. The molecule has 16 heteroatoms. The second-order valence-corrected chi connectivity index (χ2v) is 9.30. The van der Waals surface area contributed by atoms with E-state index in [2.05, 4.69) is 30.1 Å². The molecule has 0 bridgehead atoms. The molecule has 1 aromatic rings. The van der Waals surface area contributed by atoms with Gasteiger partial charge in [0.15, 0.2) is 29.1 Å². The number of imide groups is 1. The molecule has 0 aliphatic carbocycles. The molecule has 5 aliphatic rings. The SMILES string of the molecule is NC1=NC2[C@H](CN3C(=O)CCC3=O)N=C(N)N3CC(NC(=O)c4cccc5c4OC(F)(F)O5)[C@@H](O)C23N1. The van der Waals surface area contributed by atoms with Gasteiger partial charge in [0.2, 0.25) is 11.8 Å². The molecule has 5 aliphatic heterocycles. The number of carbonyl (C=O) groups is 3. The summed E-state index contributed by atoms with van der Waals surface area (Å²) < 4.78 is 36.0. The van der Waals surface area contributed by atoms with Crippen LogP contribution in [0.4, 0.5) is 8.78 Å². The first-order valence-electron chi connectivity index (χ1n) is 11.4. The molecule has 7 N–H and O–H groups in total. The predicted molar refractivity (Wildman–Crippen MR) is 119 cm³/mol. The zero-order valence-corrected chi connectivity index (χ0v) is 19.1. The van der Waals surface area contributed by atoms with Gasteiger partial charge in [-0.3, -0.25) is 19.3 Å². The van der Waals surface area contributed by atoms with E-state index in [0.29, 0.717) is 0 Å². The van der Waals surface area contributed by atoms with E-state index in [-0.39, 0.29) is 61.0 Å². The standard InChI is InChI=1S/C21H22F2N8O6/c22-21(23)36-11-3-1-2-8(14(11)37-21)17(35)26-10-7-31-19(25)27-9(6-30-12(32)4-5-13(30)33)15-20(31,16(10)34)29-18(24)28-15/h1-3,9-10,15-16,34H,4-7H2,(H2,25,27)(H,26,35)(H3,24,28,29)/t9-,10?,15?,16+,20?/m0/s1. The van der Waals surface area contributed by atoms with E-state index in [1.807, 2.05) is 0 Å². The van der Waals surface area contributed by atoms with Crippen LogP contribution in [0.2, 0.25) is 0 Å². The molecular formula is C21H22F2N8O6. The molecule has 0 saturated carbocycles. The number of nitrogens with zero attached hydrogens (tertiary/aromatic N) is 4. The van der Waals surface area contributed by atoms with Gasteiger partial charge in [-0.25, -0.2) is 9.98 Å². The van der Waals surface area contributed by atoms with Gasteiger partial charge in [-0.2, -0.15) is 0 Å². The molecule has 5 atom stereocenters. The predicted octanol–water partition coefficient (Wildman–Crippen LogP) is -2.39. The van der Waals surface area contributed by atoms with Gasteiger partial charge in [-0.15, -0.1) is 8.78 Å². The summed E-state index contributed by atoms with van der Waals surface area (Å²) in [6.07, 6.45) is -5.10. The number of likely N-dealkylation sites (tertiary alicyclic amines) is 1. The number of carbonyl (C=O) groups excluding carboxylic acids is 3. The van der Waals surface area contributed by atoms with Crippen molar-refractivity contribution in [3.8, 4) is 11.5 Å². The van der Waals surface area contributed by atoms with Gasteiger partial charge in [0.25, 0.3) is 5.91 Å². The molecule has 0 aromatic heterocycles. The number of amides is 3. The Balaban J connectivity index is 1.27. The van der Waals surface area contributed by atoms with Crippen LogP contribution in [0, 0.1) is 0 Å². The molecule has 0 radical (unpaired) electrons. The smallest absolute Gasteiger partial charge is 0.395 e. The number of hydrogen-bond acceptors (Lipinski definition) is 12. The Morgan fingerprint density at radius 1 is 1.22 bits per heavy atom. The number of fused-ring (bicyclic) bond motifs is 1. The first-order valence-corrected chi connectivity index (χ1v) is 11.4.